The van der Waals surface area contributed by atoms with Crippen LogP contribution in [0.3, 0.4) is 0 Å². The van der Waals surface area contributed by atoms with E-state index in [1.807, 2.05) is 48.5 Å². The monoisotopic (exact) mass is 589 g/mol. The average molecular weight is 590 g/mol. The summed E-state index contributed by atoms with van der Waals surface area (Å²) < 4.78 is 7.45. The molecular weight excluding hydrogens is 562 g/mol. The number of carbonyl (C=O) groups excluding carboxylic acids is 1. The van der Waals surface area contributed by atoms with Crippen LogP contribution in [0, 0.1) is 0 Å². The predicted octanol–water partition coefficient (Wildman–Crippen LogP) is 5.51. The highest BCUT2D eigenvalue weighted by Crippen LogP contribution is 2.30. The first-order valence-corrected chi connectivity index (χ1v) is 13.6. The molecule has 0 aliphatic carbocycles. The van der Waals surface area contributed by atoms with Crippen LogP contribution in [0.15, 0.2) is 72.8 Å². The van der Waals surface area contributed by atoms with E-state index in [9.17, 15) is 4.79 Å². The third-order valence-electron chi connectivity index (χ3n) is 6.53. The Balaban J connectivity index is 1.40. The van der Waals surface area contributed by atoms with Crippen LogP contribution in [0.2, 0.25) is 5.15 Å². The molecule has 42 heavy (non-hydrogen) atoms. The van der Waals surface area contributed by atoms with Crippen molar-refractivity contribution >= 4 is 17.6 Å². The van der Waals surface area contributed by atoms with Crippen molar-refractivity contribution in [2.45, 2.75) is 39.3 Å². The van der Waals surface area contributed by atoms with Gasteiger partial charge in [0.05, 0.1) is 12.0 Å². The molecule has 0 radical (unpaired) electrons. The van der Waals surface area contributed by atoms with Crippen LogP contribution in [-0.4, -0.2) is 51.9 Å². The zero-order valence-corrected chi connectivity index (χ0v) is 23.4. The molecule has 12 nitrogen and oxygen atoms in total. The number of halogens is 1. The SMILES string of the molecule is CCCCc1nc(Cl)c(C(=O)Oc2cccc(CON(O)O)c2)n1Cc1ccc(-c2ccccc2-c2nn[nH]n2)cc1. The second-order valence-electron chi connectivity index (χ2n) is 9.40. The van der Waals surface area contributed by atoms with Gasteiger partial charge in [0.2, 0.25) is 5.82 Å². The second-order valence-corrected chi connectivity index (χ2v) is 9.76. The number of aromatic nitrogens is 6. The van der Waals surface area contributed by atoms with Crippen LogP contribution in [0.25, 0.3) is 22.5 Å². The summed E-state index contributed by atoms with van der Waals surface area (Å²) in [5, 5.41) is 31.7. The minimum atomic E-state index is -0.662. The number of H-pyrrole nitrogens is 1. The molecule has 5 rings (SSSR count). The number of hydrogen-bond donors (Lipinski definition) is 3. The number of nitrogens with one attached hydrogen (secondary N) is 1. The summed E-state index contributed by atoms with van der Waals surface area (Å²) in [6.45, 7) is 2.29. The number of esters is 1. The third kappa shape index (κ3) is 6.87. The van der Waals surface area contributed by atoms with E-state index >= 15 is 0 Å². The minimum Gasteiger partial charge on any atom is -0.422 e. The van der Waals surface area contributed by atoms with Crippen LogP contribution >= 0.6 is 11.6 Å². The smallest absolute Gasteiger partial charge is 0.363 e. The minimum absolute atomic E-state index is 0.0625. The molecule has 216 valence electrons. The second kappa shape index (κ2) is 13.5. The zero-order chi connectivity index (χ0) is 29.5. The first-order valence-electron chi connectivity index (χ1n) is 13.2. The van der Waals surface area contributed by atoms with Crippen molar-refractivity contribution in [3.05, 3.63) is 101 Å². The Kier molecular flexibility index (Phi) is 9.31. The van der Waals surface area contributed by atoms with Gasteiger partial charge in [0, 0.05) is 18.5 Å². The predicted molar refractivity (Wildman–Crippen MR) is 152 cm³/mol. The number of carbonyl (C=O) groups is 1. The van der Waals surface area contributed by atoms with Gasteiger partial charge in [-0.1, -0.05) is 85.6 Å². The summed E-state index contributed by atoms with van der Waals surface area (Å²) in [7, 11) is 0. The van der Waals surface area contributed by atoms with E-state index in [-0.39, 0.29) is 28.6 Å². The summed E-state index contributed by atoms with van der Waals surface area (Å²) in [6.07, 6.45) is 2.47. The highest BCUT2D eigenvalue weighted by molar-refractivity contribution is 6.32. The number of rotatable bonds is 12. The molecule has 0 amide bonds. The lowest BCUT2D eigenvalue weighted by Crippen LogP contribution is -2.18. The van der Waals surface area contributed by atoms with Crippen molar-refractivity contribution in [2.75, 3.05) is 0 Å². The number of benzene rings is 3. The van der Waals surface area contributed by atoms with Gasteiger partial charge in [-0.25, -0.2) is 14.6 Å². The summed E-state index contributed by atoms with van der Waals surface area (Å²) >= 11 is 6.51. The third-order valence-corrected chi connectivity index (χ3v) is 6.79. The fourth-order valence-electron chi connectivity index (χ4n) is 4.52. The highest BCUT2D eigenvalue weighted by atomic mass is 35.5. The molecule has 0 bridgehead atoms. The highest BCUT2D eigenvalue weighted by Gasteiger charge is 2.24. The molecule has 0 saturated heterocycles. The molecule has 5 aromatic rings. The van der Waals surface area contributed by atoms with E-state index in [4.69, 9.17) is 26.8 Å². The largest absolute Gasteiger partial charge is 0.422 e. The van der Waals surface area contributed by atoms with Gasteiger partial charge in [-0.3, -0.25) is 10.4 Å². The molecule has 13 heteroatoms. The zero-order valence-electron chi connectivity index (χ0n) is 22.6. The molecule has 0 aliphatic rings. The topological polar surface area (TPSA) is 152 Å². The number of nitrogens with zero attached hydrogens (tertiary/aromatic N) is 6. The number of unbranched alkanes of at least 4 members (excludes halogenated alkanes) is 1. The average Bonchev–Trinajstić information content (AvgIpc) is 3.64. The molecule has 2 aromatic heterocycles. The molecule has 3 N–H and O–H groups in total. The molecule has 2 heterocycles. The van der Waals surface area contributed by atoms with E-state index in [0.717, 1.165) is 35.1 Å². The number of ether oxygens (including phenoxy) is 1. The van der Waals surface area contributed by atoms with Gasteiger partial charge < -0.3 is 9.30 Å². The lowest BCUT2D eigenvalue weighted by Gasteiger charge is -2.13. The molecule has 0 saturated carbocycles. The van der Waals surface area contributed by atoms with Crippen molar-refractivity contribution in [1.82, 2.24) is 35.6 Å². The maximum absolute atomic E-state index is 13.4. The normalized spacial score (nSPS) is 11.3. The van der Waals surface area contributed by atoms with Gasteiger partial charge >= 0.3 is 5.97 Å². The molecule has 0 spiro atoms. The lowest BCUT2D eigenvalue weighted by atomic mass is 9.98. The van der Waals surface area contributed by atoms with Crippen molar-refractivity contribution < 1.29 is 24.8 Å². The van der Waals surface area contributed by atoms with Crippen molar-refractivity contribution in [3.8, 4) is 28.3 Å². The molecular formula is C29H28ClN7O5. The maximum atomic E-state index is 13.4. The quantitative estimate of drug-likeness (QED) is 0.0965. The Hall–Kier alpha value is -4.46. The molecule has 0 aliphatic heterocycles. The number of hydrogen-bond acceptors (Lipinski definition) is 10. The number of aryl methyl sites for hydroxylation is 1. The van der Waals surface area contributed by atoms with Gasteiger partial charge in [-0.2, -0.15) is 5.21 Å². The maximum Gasteiger partial charge on any atom is 0.363 e. The van der Waals surface area contributed by atoms with Gasteiger partial charge in [0.25, 0.3) is 0 Å². The van der Waals surface area contributed by atoms with E-state index in [1.165, 1.54) is 0 Å². The Labute approximate surface area is 246 Å². The fourth-order valence-corrected chi connectivity index (χ4v) is 4.80. The first-order chi connectivity index (χ1) is 20.4. The van der Waals surface area contributed by atoms with Crippen LogP contribution in [0.1, 0.15) is 47.2 Å². The summed E-state index contributed by atoms with van der Waals surface area (Å²) in [5.41, 5.74) is 4.43. The van der Waals surface area contributed by atoms with E-state index in [1.54, 1.807) is 28.8 Å². The van der Waals surface area contributed by atoms with Crippen LogP contribution in [-0.2, 0) is 24.4 Å². The molecule has 0 fully saturated rings. The van der Waals surface area contributed by atoms with Gasteiger partial charge in [-0.15, -0.1) is 10.2 Å². The van der Waals surface area contributed by atoms with Crippen LogP contribution < -0.4 is 4.74 Å². The number of imidazole rings is 1. The van der Waals surface area contributed by atoms with E-state index in [0.29, 0.717) is 30.2 Å². The van der Waals surface area contributed by atoms with E-state index in [2.05, 4.69) is 37.4 Å². The Morgan fingerprint density at radius 3 is 2.52 bits per heavy atom. The van der Waals surface area contributed by atoms with Crippen molar-refractivity contribution in [1.29, 1.82) is 0 Å². The number of aromatic amines is 1. The van der Waals surface area contributed by atoms with Gasteiger partial charge in [0.15, 0.2) is 10.8 Å². The van der Waals surface area contributed by atoms with Crippen LogP contribution in [0.4, 0.5) is 0 Å². The van der Waals surface area contributed by atoms with E-state index < -0.39 is 5.97 Å². The van der Waals surface area contributed by atoms with Gasteiger partial charge in [-0.05, 0) is 46.0 Å². The van der Waals surface area contributed by atoms with Crippen LogP contribution in [0.5, 0.6) is 5.75 Å². The summed E-state index contributed by atoms with van der Waals surface area (Å²) in [4.78, 5) is 22.5. The van der Waals surface area contributed by atoms with Crippen molar-refractivity contribution in [2.24, 2.45) is 0 Å². The number of tetrazole rings is 1. The molecule has 3 aromatic carbocycles. The Morgan fingerprint density at radius 1 is 1.02 bits per heavy atom. The van der Waals surface area contributed by atoms with Gasteiger partial charge in [0.1, 0.15) is 11.6 Å². The summed E-state index contributed by atoms with van der Waals surface area (Å²) in [6, 6.07) is 22.3. The first kappa shape index (κ1) is 29.0. The lowest BCUT2D eigenvalue weighted by molar-refractivity contribution is -0.497. The van der Waals surface area contributed by atoms with Crippen molar-refractivity contribution in [3.63, 3.8) is 0 Å². The Morgan fingerprint density at radius 2 is 1.81 bits per heavy atom. The summed E-state index contributed by atoms with van der Waals surface area (Å²) in [5.74, 6) is 0.777. The molecule has 0 atom stereocenters. The fraction of sp³-hybridized carbons (Fsp3) is 0.207. The molecule has 0 unspecified atom stereocenters. The Bertz CT molecular complexity index is 1640. The standard InChI is InChI=1S/C29H28ClN7O5/c1-2-3-11-25-31-27(30)26(29(38)42-22-8-6-7-20(16-22)18-41-37(39)40)36(25)17-19-12-14-21(15-13-19)23-9-4-5-10-24(23)28-32-34-35-33-28/h4-10,12-16,39-40H,2-3,11,17-18H2,1H3,(H,32,33,34,35).